The zero-order chi connectivity index (χ0) is 26.8. The molecular weight excluding hydrogens is 504 g/mol. The molecular formula is C24H34N4O6S2. The predicted molar refractivity (Wildman–Crippen MR) is 135 cm³/mol. The van der Waals surface area contributed by atoms with Gasteiger partial charge in [-0.15, -0.1) is 0 Å². The lowest BCUT2D eigenvalue weighted by molar-refractivity contribution is 0.0904. The zero-order valence-electron chi connectivity index (χ0n) is 21.4. The summed E-state index contributed by atoms with van der Waals surface area (Å²) in [5, 5.41) is 9.69. The first-order chi connectivity index (χ1) is 16.8. The molecule has 3 atom stereocenters. The minimum absolute atomic E-state index is 0.0389. The summed E-state index contributed by atoms with van der Waals surface area (Å²) in [6.45, 7) is 6.96. The summed E-state index contributed by atoms with van der Waals surface area (Å²) >= 11 is 0. The van der Waals surface area contributed by atoms with E-state index in [0.717, 1.165) is 4.31 Å². The molecule has 1 aliphatic heterocycles. The average molecular weight is 539 g/mol. The van der Waals surface area contributed by atoms with E-state index in [4.69, 9.17) is 4.74 Å². The number of rotatable bonds is 6. The molecule has 1 N–H and O–H groups in total. The number of aliphatic hydroxyl groups excluding tert-OH is 1. The highest BCUT2D eigenvalue weighted by molar-refractivity contribution is 7.89. The van der Waals surface area contributed by atoms with Crippen molar-refractivity contribution >= 4 is 20.0 Å². The summed E-state index contributed by atoms with van der Waals surface area (Å²) in [5.74, 6) is 5.88. The maximum atomic E-state index is 13.6. The van der Waals surface area contributed by atoms with Gasteiger partial charge in [0.05, 0.1) is 19.5 Å². The summed E-state index contributed by atoms with van der Waals surface area (Å²) in [6, 6.07) is 3.96. The summed E-state index contributed by atoms with van der Waals surface area (Å²) in [4.78, 5) is 3.91. The van der Waals surface area contributed by atoms with Gasteiger partial charge in [-0.3, -0.25) is 0 Å². The maximum absolute atomic E-state index is 13.6. The molecule has 0 radical (unpaired) electrons. The Kier molecular flexibility index (Phi) is 8.52. The Labute approximate surface area is 214 Å². The van der Waals surface area contributed by atoms with E-state index in [1.54, 1.807) is 37.6 Å². The second kappa shape index (κ2) is 10.9. The molecule has 0 saturated heterocycles. The van der Waals surface area contributed by atoms with Gasteiger partial charge in [0, 0.05) is 50.3 Å². The Bertz CT molecular complexity index is 1360. The van der Waals surface area contributed by atoms with Crippen molar-refractivity contribution in [1.82, 2.24) is 18.2 Å². The number of sulfonamides is 2. The van der Waals surface area contributed by atoms with E-state index in [1.165, 1.54) is 29.9 Å². The molecule has 0 amide bonds. The molecule has 36 heavy (non-hydrogen) atoms. The fraction of sp³-hybridized carbons (Fsp3) is 0.542. The molecule has 0 saturated carbocycles. The summed E-state index contributed by atoms with van der Waals surface area (Å²) < 4.78 is 63.5. The number of likely N-dealkylation sites (N-methyl/N-ethyl adjacent to an activating group) is 1. The summed E-state index contributed by atoms with van der Waals surface area (Å²) in [7, 11) is -4.78. The van der Waals surface area contributed by atoms with E-state index in [2.05, 4.69) is 16.8 Å². The van der Waals surface area contributed by atoms with Gasteiger partial charge in [-0.25, -0.2) is 21.8 Å². The van der Waals surface area contributed by atoms with Crippen LogP contribution >= 0.6 is 0 Å². The number of benzene rings is 1. The number of aryl methyl sites for hydroxylation is 1. The first-order valence-electron chi connectivity index (χ1n) is 11.7. The molecule has 12 heteroatoms. The zero-order valence-corrected chi connectivity index (χ0v) is 23.0. The molecule has 10 nitrogen and oxygen atoms in total. The highest BCUT2D eigenvalue weighted by Crippen LogP contribution is 2.34. The molecule has 2 heterocycles. The van der Waals surface area contributed by atoms with Gasteiger partial charge in [0.1, 0.15) is 16.7 Å². The molecule has 2 aromatic rings. The summed E-state index contributed by atoms with van der Waals surface area (Å²) in [5.41, 5.74) is 0.584. The average Bonchev–Trinajstić information content (AvgIpc) is 3.26. The number of hydrogen-bond donors (Lipinski definition) is 1. The Hall–Kier alpha value is -2.43. The van der Waals surface area contributed by atoms with E-state index in [0.29, 0.717) is 5.56 Å². The number of aliphatic hydroxyl groups is 1. The van der Waals surface area contributed by atoms with Gasteiger partial charge in [-0.1, -0.05) is 32.6 Å². The van der Waals surface area contributed by atoms with Crippen LogP contribution in [0.5, 0.6) is 5.75 Å². The van der Waals surface area contributed by atoms with E-state index < -0.39 is 38.1 Å². The van der Waals surface area contributed by atoms with Crippen LogP contribution in [0.15, 0.2) is 40.6 Å². The van der Waals surface area contributed by atoms with Gasteiger partial charge in [0.2, 0.25) is 10.0 Å². The fourth-order valence-corrected chi connectivity index (χ4v) is 6.75. The largest absolute Gasteiger partial charge is 0.487 e. The van der Waals surface area contributed by atoms with Crippen molar-refractivity contribution in [3.05, 3.63) is 36.3 Å². The normalized spacial score (nSPS) is 21.1. The lowest BCUT2D eigenvalue weighted by Gasteiger charge is -2.37. The van der Waals surface area contributed by atoms with E-state index in [9.17, 15) is 21.9 Å². The number of nitrogens with zero attached hydrogens (tertiary/aromatic N) is 4. The van der Waals surface area contributed by atoms with Crippen LogP contribution in [0.1, 0.15) is 33.3 Å². The number of ether oxygens (including phenoxy) is 1. The molecule has 0 unspecified atom stereocenters. The van der Waals surface area contributed by atoms with Gasteiger partial charge in [0.25, 0.3) is 10.0 Å². The Morgan fingerprint density at radius 2 is 2.00 bits per heavy atom. The van der Waals surface area contributed by atoms with Gasteiger partial charge in [-0.05, 0) is 25.1 Å². The van der Waals surface area contributed by atoms with Crippen LogP contribution in [-0.2, 0) is 27.1 Å². The van der Waals surface area contributed by atoms with Crippen LogP contribution in [0.4, 0.5) is 0 Å². The molecule has 1 aliphatic rings. The van der Waals surface area contributed by atoms with Crippen LogP contribution in [0.2, 0.25) is 0 Å². The van der Waals surface area contributed by atoms with Crippen LogP contribution < -0.4 is 4.74 Å². The number of aromatic nitrogens is 2. The Morgan fingerprint density at radius 3 is 2.58 bits per heavy atom. The van der Waals surface area contributed by atoms with Gasteiger partial charge >= 0.3 is 0 Å². The van der Waals surface area contributed by atoms with Crippen molar-refractivity contribution in [3.8, 4) is 17.6 Å². The van der Waals surface area contributed by atoms with Crippen LogP contribution in [-0.4, -0.2) is 79.0 Å². The van der Waals surface area contributed by atoms with E-state index in [-0.39, 0.29) is 41.3 Å². The van der Waals surface area contributed by atoms with Crippen molar-refractivity contribution in [2.45, 2.75) is 49.8 Å². The quantitative estimate of drug-likeness (QED) is 0.554. The highest BCUT2D eigenvalue weighted by Gasteiger charge is 2.39. The number of hydrogen-bond acceptors (Lipinski definition) is 7. The van der Waals surface area contributed by atoms with Gasteiger partial charge in [0.15, 0.2) is 5.03 Å². The molecule has 0 aliphatic carbocycles. The topological polar surface area (TPSA) is 122 Å². The fourth-order valence-electron chi connectivity index (χ4n) is 3.78. The predicted octanol–water partition coefficient (Wildman–Crippen LogP) is 1.52. The SMILES string of the molecule is CC(C)C#Cc1ccc2c(c1)O[C@H](CN(C)S(=O)(=O)c1cn(C)cn1)[C@@H](C)CN([C@@H](C)CO)S2(=O)=O. The van der Waals surface area contributed by atoms with Crippen molar-refractivity contribution in [3.63, 3.8) is 0 Å². The van der Waals surface area contributed by atoms with E-state index in [1.807, 2.05) is 13.8 Å². The first kappa shape index (κ1) is 28.1. The van der Waals surface area contributed by atoms with Gasteiger partial charge in [-0.2, -0.15) is 8.61 Å². The lowest BCUT2D eigenvalue weighted by Crippen LogP contribution is -2.50. The third-order valence-electron chi connectivity index (χ3n) is 5.97. The minimum atomic E-state index is -4.00. The molecule has 1 aromatic heterocycles. The minimum Gasteiger partial charge on any atom is -0.487 e. The van der Waals surface area contributed by atoms with Crippen molar-refractivity contribution in [2.75, 3.05) is 26.7 Å². The van der Waals surface area contributed by atoms with E-state index >= 15 is 0 Å². The lowest BCUT2D eigenvalue weighted by atomic mass is 10.0. The van der Waals surface area contributed by atoms with Crippen molar-refractivity contribution < 1.29 is 26.7 Å². The van der Waals surface area contributed by atoms with Crippen LogP contribution in [0.3, 0.4) is 0 Å². The maximum Gasteiger partial charge on any atom is 0.261 e. The monoisotopic (exact) mass is 538 g/mol. The Balaban J connectivity index is 2.06. The molecule has 1 aromatic carbocycles. The van der Waals surface area contributed by atoms with Gasteiger partial charge < -0.3 is 14.4 Å². The third kappa shape index (κ3) is 5.92. The molecule has 0 fully saturated rings. The smallest absolute Gasteiger partial charge is 0.261 e. The molecule has 3 rings (SSSR count). The third-order valence-corrected chi connectivity index (χ3v) is 9.69. The standard InChI is InChI=1S/C24H34N4O6S2/c1-17(2)7-8-20-9-10-23-21(11-20)34-22(18(3)12-28(19(4)15-29)35(23,30)31)13-27(6)36(32,33)24-14-26(5)16-25-24/h9-11,14,16-19,22,29H,12-13,15H2,1-6H3/t18-,19-,22+/m0/s1. The van der Waals surface area contributed by atoms with Crippen molar-refractivity contribution in [2.24, 2.45) is 18.9 Å². The molecule has 0 bridgehead atoms. The van der Waals surface area contributed by atoms with Crippen LogP contribution in [0.25, 0.3) is 0 Å². The van der Waals surface area contributed by atoms with Crippen LogP contribution in [0, 0.1) is 23.7 Å². The summed E-state index contributed by atoms with van der Waals surface area (Å²) in [6.07, 6.45) is 2.13. The number of imidazole rings is 1. The molecule has 0 spiro atoms. The number of fused-ring (bicyclic) bond motifs is 1. The second-order valence-electron chi connectivity index (χ2n) is 9.49. The highest BCUT2D eigenvalue weighted by atomic mass is 32.2. The second-order valence-corrected chi connectivity index (χ2v) is 13.3. The van der Waals surface area contributed by atoms with Crippen molar-refractivity contribution in [1.29, 1.82) is 0 Å². The first-order valence-corrected chi connectivity index (χ1v) is 14.5. The Morgan fingerprint density at radius 1 is 1.31 bits per heavy atom. The molecule has 198 valence electrons.